The van der Waals surface area contributed by atoms with Crippen molar-refractivity contribution in [3.63, 3.8) is 0 Å². The standard InChI is InChI=1S/C22H30N4O/c1-2-10-25-11-5-12-26-20(16-25)14-19(24-26)15-23-22(27)13-18-9-8-17-6-3-4-7-21(17)18/h3-4,6-7,14,18H,2,5,8-13,15-16H2,1H3,(H,23,27). The van der Waals surface area contributed by atoms with E-state index in [1.807, 2.05) is 0 Å². The zero-order valence-corrected chi connectivity index (χ0v) is 16.3. The topological polar surface area (TPSA) is 50.2 Å². The number of carbonyl (C=O) groups is 1. The molecule has 1 atom stereocenters. The van der Waals surface area contributed by atoms with Crippen LogP contribution in [-0.2, 0) is 30.8 Å². The summed E-state index contributed by atoms with van der Waals surface area (Å²) < 4.78 is 2.13. The maximum Gasteiger partial charge on any atom is 0.220 e. The number of aryl methyl sites for hydroxylation is 2. The van der Waals surface area contributed by atoms with E-state index >= 15 is 0 Å². The third-order valence-electron chi connectivity index (χ3n) is 5.84. The molecule has 1 aliphatic heterocycles. The first-order valence-electron chi connectivity index (χ1n) is 10.4. The molecule has 5 nitrogen and oxygen atoms in total. The molecule has 2 heterocycles. The zero-order valence-electron chi connectivity index (χ0n) is 16.3. The highest BCUT2D eigenvalue weighted by atomic mass is 16.1. The van der Waals surface area contributed by atoms with E-state index in [1.54, 1.807) is 0 Å². The minimum Gasteiger partial charge on any atom is -0.350 e. The van der Waals surface area contributed by atoms with Crippen LogP contribution in [0.25, 0.3) is 0 Å². The summed E-state index contributed by atoms with van der Waals surface area (Å²) in [6.45, 7) is 6.98. The molecule has 0 saturated carbocycles. The Morgan fingerprint density at radius 1 is 1.30 bits per heavy atom. The van der Waals surface area contributed by atoms with Crippen LogP contribution >= 0.6 is 0 Å². The molecule has 2 aliphatic rings. The second-order valence-corrected chi connectivity index (χ2v) is 7.90. The van der Waals surface area contributed by atoms with Gasteiger partial charge < -0.3 is 5.32 Å². The Labute approximate surface area is 161 Å². The van der Waals surface area contributed by atoms with E-state index in [0.717, 1.165) is 51.1 Å². The highest BCUT2D eigenvalue weighted by molar-refractivity contribution is 5.77. The number of hydrogen-bond acceptors (Lipinski definition) is 3. The number of amides is 1. The highest BCUT2D eigenvalue weighted by Gasteiger charge is 2.24. The lowest BCUT2D eigenvalue weighted by Crippen LogP contribution is -2.25. The first-order chi connectivity index (χ1) is 13.2. The molecule has 0 radical (unpaired) electrons. The number of fused-ring (bicyclic) bond motifs is 2. The van der Waals surface area contributed by atoms with Crippen LogP contribution < -0.4 is 5.32 Å². The third-order valence-corrected chi connectivity index (χ3v) is 5.84. The van der Waals surface area contributed by atoms with Crippen molar-refractivity contribution in [3.05, 3.63) is 52.8 Å². The van der Waals surface area contributed by atoms with Gasteiger partial charge in [-0.25, -0.2) is 0 Å². The van der Waals surface area contributed by atoms with E-state index < -0.39 is 0 Å². The van der Waals surface area contributed by atoms with Crippen molar-refractivity contribution in [2.45, 2.75) is 64.6 Å². The van der Waals surface area contributed by atoms with Crippen LogP contribution in [0.5, 0.6) is 0 Å². The van der Waals surface area contributed by atoms with E-state index in [2.05, 4.69) is 52.2 Å². The number of aromatic nitrogens is 2. The number of carbonyl (C=O) groups excluding carboxylic acids is 1. The predicted octanol–water partition coefficient (Wildman–Crippen LogP) is 3.24. The van der Waals surface area contributed by atoms with Crippen molar-refractivity contribution >= 4 is 5.91 Å². The largest absolute Gasteiger partial charge is 0.350 e. The smallest absolute Gasteiger partial charge is 0.220 e. The molecule has 2 aromatic rings. The average Bonchev–Trinajstić information content (AvgIpc) is 3.19. The fourth-order valence-corrected chi connectivity index (χ4v) is 4.52. The van der Waals surface area contributed by atoms with Gasteiger partial charge in [-0.1, -0.05) is 31.2 Å². The van der Waals surface area contributed by atoms with Gasteiger partial charge in [-0.05, 0) is 55.3 Å². The number of hydrogen-bond donors (Lipinski definition) is 1. The van der Waals surface area contributed by atoms with Crippen molar-refractivity contribution in [1.29, 1.82) is 0 Å². The van der Waals surface area contributed by atoms with Gasteiger partial charge in [-0.3, -0.25) is 14.4 Å². The normalized spacial score (nSPS) is 19.4. The lowest BCUT2D eigenvalue weighted by Gasteiger charge is -2.17. The van der Waals surface area contributed by atoms with Crippen LogP contribution in [0.3, 0.4) is 0 Å². The summed E-state index contributed by atoms with van der Waals surface area (Å²) in [7, 11) is 0. The summed E-state index contributed by atoms with van der Waals surface area (Å²) in [5.74, 6) is 0.495. The molecule has 4 rings (SSSR count). The molecule has 0 spiro atoms. The van der Waals surface area contributed by atoms with Crippen LogP contribution in [0, 0.1) is 0 Å². The maximum atomic E-state index is 12.5. The van der Waals surface area contributed by atoms with Crippen molar-refractivity contribution in [2.75, 3.05) is 13.1 Å². The van der Waals surface area contributed by atoms with Gasteiger partial charge in [-0.2, -0.15) is 5.10 Å². The summed E-state index contributed by atoms with van der Waals surface area (Å²) in [5.41, 5.74) is 5.01. The van der Waals surface area contributed by atoms with Crippen LogP contribution in [0.4, 0.5) is 0 Å². The Bertz CT molecular complexity index is 797. The van der Waals surface area contributed by atoms with Crippen molar-refractivity contribution < 1.29 is 4.79 Å². The molecule has 144 valence electrons. The predicted molar refractivity (Wildman–Crippen MR) is 106 cm³/mol. The SMILES string of the molecule is CCCN1CCCn2nc(CNC(=O)CC3CCc4ccccc43)cc2C1. The minimum absolute atomic E-state index is 0.132. The van der Waals surface area contributed by atoms with E-state index in [4.69, 9.17) is 5.10 Å². The molecule has 1 N–H and O–H groups in total. The summed E-state index contributed by atoms with van der Waals surface area (Å²) in [5, 5.41) is 7.81. The molecule has 1 amide bonds. The van der Waals surface area contributed by atoms with Gasteiger partial charge >= 0.3 is 0 Å². The Morgan fingerprint density at radius 3 is 3.07 bits per heavy atom. The van der Waals surface area contributed by atoms with E-state index in [0.29, 0.717) is 18.9 Å². The summed E-state index contributed by atoms with van der Waals surface area (Å²) in [4.78, 5) is 15.0. The molecule has 1 aromatic heterocycles. The number of nitrogens with one attached hydrogen (secondary N) is 1. The van der Waals surface area contributed by atoms with Crippen molar-refractivity contribution in [3.8, 4) is 0 Å². The van der Waals surface area contributed by atoms with E-state index in [1.165, 1.54) is 23.2 Å². The molecule has 0 bridgehead atoms. The van der Waals surface area contributed by atoms with Gasteiger partial charge in [0, 0.05) is 26.1 Å². The molecule has 1 aliphatic carbocycles. The molecule has 5 heteroatoms. The van der Waals surface area contributed by atoms with Crippen LogP contribution in [-0.4, -0.2) is 33.7 Å². The average molecular weight is 367 g/mol. The molecule has 27 heavy (non-hydrogen) atoms. The third kappa shape index (κ3) is 4.24. The molecule has 1 unspecified atom stereocenters. The van der Waals surface area contributed by atoms with Crippen LogP contribution in [0.2, 0.25) is 0 Å². The lowest BCUT2D eigenvalue weighted by molar-refractivity contribution is -0.121. The first kappa shape index (κ1) is 18.2. The Morgan fingerprint density at radius 2 is 2.19 bits per heavy atom. The second kappa shape index (κ2) is 8.26. The summed E-state index contributed by atoms with van der Waals surface area (Å²) in [6.07, 6.45) is 5.08. The molecular weight excluding hydrogens is 336 g/mol. The van der Waals surface area contributed by atoms with Gasteiger partial charge in [-0.15, -0.1) is 0 Å². The van der Waals surface area contributed by atoms with Gasteiger partial charge in [0.15, 0.2) is 0 Å². The quantitative estimate of drug-likeness (QED) is 0.854. The number of nitrogens with zero attached hydrogens (tertiary/aromatic N) is 3. The highest BCUT2D eigenvalue weighted by Crippen LogP contribution is 2.35. The Balaban J connectivity index is 1.32. The maximum absolute atomic E-state index is 12.5. The van der Waals surface area contributed by atoms with Crippen LogP contribution in [0.1, 0.15) is 61.0 Å². The van der Waals surface area contributed by atoms with Gasteiger partial charge in [0.25, 0.3) is 0 Å². The van der Waals surface area contributed by atoms with Crippen molar-refractivity contribution in [1.82, 2.24) is 20.0 Å². The zero-order chi connectivity index (χ0) is 18.6. The number of benzene rings is 1. The first-order valence-corrected chi connectivity index (χ1v) is 10.4. The Hall–Kier alpha value is -2.14. The number of rotatable bonds is 6. The molecule has 1 aromatic carbocycles. The summed E-state index contributed by atoms with van der Waals surface area (Å²) >= 11 is 0. The van der Waals surface area contributed by atoms with E-state index in [9.17, 15) is 4.79 Å². The second-order valence-electron chi connectivity index (χ2n) is 7.90. The monoisotopic (exact) mass is 366 g/mol. The van der Waals surface area contributed by atoms with Gasteiger partial charge in [0.1, 0.15) is 0 Å². The van der Waals surface area contributed by atoms with Gasteiger partial charge in [0.05, 0.1) is 17.9 Å². The van der Waals surface area contributed by atoms with Gasteiger partial charge in [0.2, 0.25) is 5.91 Å². The minimum atomic E-state index is 0.132. The van der Waals surface area contributed by atoms with Crippen molar-refractivity contribution in [2.24, 2.45) is 0 Å². The fourth-order valence-electron chi connectivity index (χ4n) is 4.52. The lowest BCUT2D eigenvalue weighted by atomic mass is 9.97. The molecular formula is C22H30N4O. The molecule has 0 fully saturated rings. The molecule has 0 saturated heterocycles. The fraction of sp³-hybridized carbons (Fsp3) is 0.545. The van der Waals surface area contributed by atoms with E-state index in [-0.39, 0.29) is 5.91 Å². The van der Waals surface area contributed by atoms with Crippen LogP contribution in [0.15, 0.2) is 30.3 Å². The summed E-state index contributed by atoms with van der Waals surface area (Å²) in [6, 6.07) is 10.7. The Kier molecular flexibility index (Phi) is 5.58.